The number of pyridine rings is 1. The van der Waals surface area contributed by atoms with Gasteiger partial charge in [-0.05, 0) is 25.5 Å². The highest BCUT2D eigenvalue weighted by Crippen LogP contribution is 2.46. The first-order chi connectivity index (χ1) is 14.2. The lowest BCUT2D eigenvalue weighted by atomic mass is 10.1. The number of ether oxygens (including phenoxy) is 2. The van der Waals surface area contributed by atoms with Crippen LogP contribution in [0.25, 0.3) is 0 Å². The molecule has 0 bridgehead atoms. The number of nitrogens with one attached hydrogen (secondary N) is 1. The van der Waals surface area contributed by atoms with Crippen molar-refractivity contribution in [1.29, 1.82) is 0 Å². The zero-order chi connectivity index (χ0) is 23.6. The number of amides is 1. The van der Waals surface area contributed by atoms with Crippen molar-refractivity contribution in [1.82, 2.24) is 15.2 Å². The van der Waals surface area contributed by atoms with Gasteiger partial charge in [0.1, 0.15) is 0 Å². The van der Waals surface area contributed by atoms with Gasteiger partial charge >= 0.3 is 18.0 Å². The van der Waals surface area contributed by atoms with Crippen molar-refractivity contribution in [2.75, 3.05) is 27.3 Å². The van der Waals surface area contributed by atoms with Gasteiger partial charge in [-0.25, -0.2) is 4.39 Å². The number of halogens is 8. The Kier molecular flexibility index (Phi) is 7.23. The van der Waals surface area contributed by atoms with Gasteiger partial charge in [-0.1, -0.05) is 0 Å². The van der Waals surface area contributed by atoms with E-state index >= 15 is 0 Å². The molecule has 14 heteroatoms. The van der Waals surface area contributed by atoms with Gasteiger partial charge in [0.15, 0.2) is 12.4 Å². The fraction of sp³-hybridized carbons (Fsp3) is 0.647. The molecule has 0 saturated carbocycles. The molecule has 1 saturated heterocycles. The number of rotatable bonds is 8. The highest BCUT2D eigenvalue weighted by molar-refractivity contribution is 5.82. The lowest BCUT2D eigenvalue weighted by Crippen LogP contribution is -2.54. The fourth-order valence-corrected chi connectivity index (χ4v) is 2.84. The van der Waals surface area contributed by atoms with Crippen molar-refractivity contribution in [3.63, 3.8) is 0 Å². The number of alkyl halides is 7. The molecule has 1 atom stereocenters. The number of carbonyl (C=O) groups excluding carboxylic acids is 1. The van der Waals surface area contributed by atoms with E-state index in [1.165, 1.54) is 11.9 Å². The van der Waals surface area contributed by atoms with Crippen molar-refractivity contribution in [3.05, 3.63) is 17.4 Å². The number of aromatic nitrogens is 1. The fourth-order valence-electron chi connectivity index (χ4n) is 2.84. The van der Waals surface area contributed by atoms with Crippen LogP contribution >= 0.6 is 0 Å². The normalized spacial score (nSPS) is 17.5. The van der Waals surface area contributed by atoms with E-state index in [-0.39, 0.29) is 23.9 Å². The van der Waals surface area contributed by atoms with Crippen LogP contribution in [0.5, 0.6) is 11.8 Å². The Hall–Kier alpha value is -2.38. The SMILES string of the molecule is COc1nc(OCC(F)(F)C(F)(F)C(F)(F)F)c(F)cc1CN(C)C(=O)[C@@H]1CCCN1. The largest absolute Gasteiger partial charge is 0.481 e. The lowest BCUT2D eigenvalue weighted by molar-refractivity contribution is -0.358. The lowest BCUT2D eigenvalue weighted by Gasteiger charge is -2.28. The molecule has 0 unspecified atom stereocenters. The standard InChI is InChI=1S/C17H19F8N3O3/c1-28(14(29)11-4-3-5-26-11)7-9-6-10(18)13(27-12(9)30-2)31-8-15(19,20)16(21,22)17(23,24)25/h6,11,26H,3-5,7-8H2,1-2H3/t11-/m0/s1. The van der Waals surface area contributed by atoms with Crippen molar-refractivity contribution in [3.8, 4) is 11.8 Å². The number of carbonyl (C=O) groups is 1. The van der Waals surface area contributed by atoms with Gasteiger partial charge in [-0.3, -0.25) is 4.79 Å². The maximum Gasteiger partial charge on any atom is 0.460 e. The highest BCUT2D eigenvalue weighted by atomic mass is 19.4. The van der Waals surface area contributed by atoms with Crippen LogP contribution in [0, 0.1) is 5.82 Å². The topological polar surface area (TPSA) is 63.7 Å². The van der Waals surface area contributed by atoms with E-state index in [0.717, 1.165) is 13.5 Å². The van der Waals surface area contributed by atoms with Crippen LogP contribution in [0.1, 0.15) is 18.4 Å². The van der Waals surface area contributed by atoms with Crippen LogP contribution in [0.3, 0.4) is 0 Å². The van der Waals surface area contributed by atoms with Crippen LogP contribution in [0.4, 0.5) is 35.1 Å². The molecular weight excluding hydrogens is 446 g/mol. The summed E-state index contributed by atoms with van der Waals surface area (Å²) in [6.45, 7) is -2.03. The summed E-state index contributed by atoms with van der Waals surface area (Å²) in [5.41, 5.74) is -0.00595. The predicted octanol–water partition coefficient (Wildman–Crippen LogP) is 3.15. The Balaban J connectivity index is 2.16. The second kappa shape index (κ2) is 9.01. The summed E-state index contributed by atoms with van der Waals surface area (Å²) in [7, 11) is 2.49. The van der Waals surface area contributed by atoms with Gasteiger partial charge in [-0.15, -0.1) is 0 Å². The average Bonchev–Trinajstić information content (AvgIpc) is 3.20. The summed E-state index contributed by atoms with van der Waals surface area (Å²) in [6.07, 6.45) is -5.14. The molecule has 0 spiro atoms. The summed E-state index contributed by atoms with van der Waals surface area (Å²) >= 11 is 0. The molecule has 1 aromatic heterocycles. The van der Waals surface area contributed by atoms with Crippen molar-refractivity contribution >= 4 is 5.91 Å². The third kappa shape index (κ3) is 5.28. The molecule has 1 fully saturated rings. The zero-order valence-electron chi connectivity index (χ0n) is 16.3. The van der Waals surface area contributed by atoms with Gasteiger partial charge in [0, 0.05) is 12.6 Å². The van der Waals surface area contributed by atoms with E-state index in [1.54, 1.807) is 0 Å². The molecule has 6 nitrogen and oxygen atoms in total. The number of hydrogen-bond acceptors (Lipinski definition) is 5. The maximum atomic E-state index is 14.2. The van der Waals surface area contributed by atoms with E-state index in [9.17, 15) is 39.9 Å². The number of likely N-dealkylation sites (N-methyl/N-ethyl adjacent to an activating group) is 1. The summed E-state index contributed by atoms with van der Waals surface area (Å²) < 4.78 is 112. The Morgan fingerprint density at radius 2 is 1.87 bits per heavy atom. The van der Waals surface area contributed by atoms with Crippen LogP contribution in [0.2, 0.25) is 0 Å². The van der Waals surface area contributed by atoms with Gasteiger partial charge in [0.2, 0.25) is 11.8 Å². The van der Waals surface area contributed by atoms with Crippen LogP contribution < -0.4 is 14.8 Å². The second-order valence-corrected chi connectivity index (χ2v) is 6.85. The maximum absolute atomic E-state index is 14.2. The van der Waals surface area contributed by atoms with Gasteiger partial charge < -0.3 is 19.7 Å². The molecule has 1 amide bonds. The van der Waals surface area contributed by atoms with Crippen molar-refractivity contribution in [2.24, 2.45) is 0 Å². The molecule has 1 aromatic rings. The van der Waals surface area contributed by atoms with Crippen LogP contribution in [0.15, 0.2) is 6.07 Å². The Labute approximate surface area is 171 Å². The van der Waals surface area contributed by atoms with Crippen molar-refractivity contribution in [2.45, 2.75) is 43.4 Å². The first-order valence-corrected chi connectivity index (χ1v) is 8.88. The monoisotopic (exact) mass is 465 g/mol. The third-order valence-corrected chi connectivity index (χ3v) is 4.52. The minimum atomic E-state index is -6.54. The minimum Gasteiger partial charge on any atom is -0.481 e. The summed E-state index contributed by atoms with van der Waals surface area (Å²) in [4.78, 5) is 17.0. The van der Waals surface area contributed by atoms with E-state index in [4.69, 9.17) is 4.74 Å². The Bertz CT molecular complexity index is 798. The molecule has 0 aromatic carbocycles. The van der Waals surface area contributed by atoms with Crippen LogP contribution in [-0.2, 0) is 11.3 Å². The number of methoxy groups -OCH3 is 1. The number of hydrogen-bond donors (Lipinski definition) is 1. The molecule has 0 aliphatic carbocycles. The van der Waals surface area contributed by atoms with Crippen molar-refractivity contribution < 1.29 is 49.4 Å². The average molecular weight is 465 g/mol. The van der Waals surface area contributed by atoms with Gasteiger partial charge in [0.25, 0.3) is 5.88 Å². The molecule has 1 aliphatic heterocycles. The molecular formula is C17H19F8N3O3. The van der Waals surface area contributed by atoms with Crippen LogP contribution in [-0.4, -0.2) is 67.2 Å². The van der Waals surface area contributed by atoms with E-state index in [0.29, 0.717) is 19.0 Å². The molecule has 2 rings (SSSR count). The predicted molar refractivity (Wildman–Crippen MR) is 89.7 cm³/mol. The van der Waals surface area contributed by atoms with E-state index in [1.807, 2.05) is 0 Å². The Morgan fingerprint density at radius 1 is 1.23 bits per heavy atom. The third-order valence-electron chi connectivity index (χ3n) is 4.52. The second-order valence-electron chi connectivity index (χ2n) is 6.85. The summed E-state index contributed by atoms with van der Waals surface area (Å²) in [6, 6.07) is 0.279. The molecule has 176 valence electrons. The summed E-state index contributed by atoms with van der Waals surface area (Å²) in [5, 5.41) is 2.98. The first kappa shape index (κ1) is 24.9. The molecule has 0 radical (unpaired) electrons. The smallest absolute Gasteiger partial charge is 0.460 e. The molecule has 2 heterocycles. The number of nitrogens with zero attached hydrogens (tertiary/aromatic N) is 2. The first-order valence-electron chi connectivity index (χ1n) is 8.88. The molecule has 1 N–H and O–H groups in total. The van der Waals surface area contributed by atoms with E-state index in [2.05, 4.69) is 15.0 Å². The van der Waals surface area contributed by atoms with Gasteiger partial charge in [0.05, 0.1) is 19.7 Å². The molecule has 31 heavy (non-hydrogen) atoms. The minimum absolute atomic E-state index is 0.00595. The summed E-state index contributed by atoms with van der Waals surface area (Å²) in [5.74, 6) is -15.5. The Morgan fingerprint density at radius 3 is 2.39 bits per heavy atom. The zero-order valence-corrected chi connectivity index (χ0v) is 16.3. The highest BCUT2D eigenvalue weighted by Gasteiger charge is 2.73. The quantitative estimate of drug-likeness (QED) is 0.598. The van der Waals surface area contributed by atoms with E-state index < -0.39 is 42.4 Å². The molecule has 1 aliphatic rings. The van der Waals surface area contributed by atoms with Gasteiger partial charge in [-0.2, -0.15) is 35.7 Å².